The minimum absolute atomic E-state index is 0.119. The molecule has 1 saturated carbocycles. The fraction of sp³-hybridized carbons (Fsp3) is 0.552. The highest BCUT2D eigenvalue weighted by molar-refractivity contribution is 5.83. The highest BCUT2D eigenvalue weighted by atomic mass is 16.6. The van der Waals surface area contributed by atoms with Crippen LogP contribution in [0.1, 0.15) is 64.7 Å². The number of ketones is 1. The Morgan fingerprint density at radius 1 is 1.08 bits per heavy atom. The van der Waals surface area contributed by atoms with Crippen molar-refractivity contribution in [3.05, 3.63) is 54.3 Å². The molecule has 7 heteroatoms. The summed E-state index contributed by atoms with van der Waals surface area (Å²) in [6.07, 6.45) is 14.2. The third kappa shape index (κ3) is 10.4. The largest absolute Gasteiger partial charge is 0.494 e. The number of methoxy groups -OCH3 is 1. The normalized spacial score (nSPS) is 17.6. The van der Waals surface area contributed by atoms with Crippen LogP contribution in [0.4, 0.5) is 0 Å². The first-order chi connectivity index (χ1) is 17.4. The minimum atomic E-state index is -2.57. The van der Waals surface area contributed by atoms with Crippen LogP contribution in [0.15, 0.2) is 54.3 Å². The van der Waals surface area contributed by atoms with Crippen molar-refractivity contribution in [1.82, 2.24) is 0 Å². The molecule has 0 heterocycles. The lowest BCUT2D eigenvalue weighted by atomic mass is 9.91. The van der Waals surface area contributed by atoms with Crippen LogP contribution in [0, 0.1) is 11.8 Å². The topological polar surface area (TPSA) is 102 Å². The monoisotopic (exact) mass is 500 g/mol. The highest BCUT2D eigenvalue weighted by Gasteiger charge is 2.33. The Bertz CT molecular complexity index is 895. The zero-order valence-electron chi connectivity index (χ0n) is 21.5. The van der Waals surface area contributed by atoms with E-state index in [0.717, 1.165) is 44.5 Å². The van der Waals surface area contributed by atoms with Crippen molar-refractivity contribution in [3.63, 3.8) is 0 Å². The highest BCUT2D eigenvalue weighted by Crippen LogP contribution is 2.32. The number of benzene rings is 1. The third-order valence-electron chi connectivity index (χ3n) is 6.19. The molecule has 2 rings (SSSR count). The molecule has 0 spiro atoms. The molecule has 0 bridgehead atoms. The van der Waals surface area contributed by atoms with Crippen LogP contribution >= 0.6 is 0 Å². The van der Waals surface area contributed by atoms with Gasteiger partial charge in [-0.15, -0.1) is 5.73 Å². The summed E-state index contributed by atoms with van der Waals surface area (Å²) in [5, 5.41) is 19.2. The molecule has 0 unspecified atom stereocenters. The Hall–Kier alpha value is -2.86. The molecule has 2 atom stereocenters. The molecule has 1 aliphatic rings. The van der Waals surface area contributed by atoms with Gasteiger partial charge in [0.15, 0.2) is 0 Å². The Kier molecular flexibility index (Phi) is 13.1. The van der Waals surface area contributed by atoms with Crippen molar-refractivity contribution in [3.8, 4) is 11.5 Å². The van der Waals surface area contributed by atoms with E-state index < -0.39 is 11.8 Å². The van der Waals surface area contributed by atoms with E-state index in [1.165, 1.54) is 25.3 Å². The van der Waals surface area contributed by atoms with E-state index in [2.05, 4.69) is 29.5 Å². The molecule has 0 aliphatic heterocycles. The van der Waals surface area contributed by atoms with Gasteiger partial charge >= 0.3 is 5.97 Å². The van der Waals surface area contributed by atoms with Crippen LogP contribution in [0.5, 0.6) is 11.5 Å². The molecule has 0 aromatic heterocycles. The number of unbranched alkanes of at least 4 members (excludes halogenated alkanes) is 3. The van der Waals surface area contributed by atoms with Crippen LogP contribution in [0.25, 0.3) is 0 Å². The van der Waals surface area contributed by atoms with Crippen LogP contribution < -0.4 is 9.47 Å². The smallest absolute Gasteiger partial charge is 0.366 e. The number of rotatable bonds is 16. The van der Waals surface area contributed by atoms with E-state index in [1.54, 1.807) is 6.08 Å². The van der Waals surface area contributed by atoms with Crippen LogP contribution in [-0.2, 0) is 14.3 Å². The van der Waals surface area contributed by atoms with Gasteiger partial charge in [-0.3, -0.25) is 4.79 Å². The van der Waals surface area contributed by atoms with Crippen molar-refractivity contribution < 1.29 is 34.0 Å². The second kappa shape index (κ2) is 16.0. The number of esters is 1. The van der Waals surface area contributed by atoms with E-state index in [0.29, 0.717) is 19.4 Å². The van der Waals surface area contributed by atoms with Gasteiger partial charge in [-0.25, -0.2) is 4.79 Å². The molecule has 0 radical (unpaired) electrons. The summed E-state index contributed by atoms with van der Waals surface area (Å²) in [5.41, 5.74) is 2.82. The van der Waals surface area contributed by atoms with Gasteiger partial charge in [0.2, 0.25) is 0 Å². The minimum Gasteiger partial charge on any atom is -0.494 e. The van der Waals surface area contributed by atoms with E-state index in [4.69, 9.17) is 9.47 Å². The molecule has 198 valence electrons. The van der Waals surface area contributed by atoms with E-state index in [9.17, 15) is 19.8 Å². The molecule has 1 aromatic rings. The number of carbonyl (C=O) groups is 2. The summed E-state index contributed by atoms with van der Waals surface area (Å²) in [7, 11) is 1.08. The van der Waals surface area contributed by atoms with E-state index >= 15 is 0 Å². The fourth-order valence-corrected chi connectivity index (χ4v) is 4.06. The van der Waals surface area contributed by atoms with Crippen LogP contribution in [-0.4, -0.2) is 48.1 Å². The molecule has 0 saturated heterocycles. The second-order valence-electron chi connectivity index (χ2n) is 9.04. The van der Waals surface area contributed by atoms with E-state index in [-0.39, 0.29) is 24.0 Å². The van der Waals surface area contributed by atoms with Crippen molar-refractivity contribution in [1.29, 1.82) is 0 Å². The third-order valence-corrected chi connectivity index (χ3v) is 6.19. The van der Waals surface area contributed by atoms with Crippen LogP contribution in [0.3, 0.4) is 0 Å². The molecule has 36 heavy (non-hydrogen) atoms. The van der Waals surface area contributed by atoms with Gasteiger partial charge in [0, 0.05) is 18.8 Å². The molecular weight excluding hydrogens is 460 g/mol. The maximum absolute atomic E-state index is 12.3. The predicted molar refractivity (Wildman–Crippen MR) is 138 cm³/mol. The fourth-order valence-electron chi connectivity index (χ4n) is 4.06. The number of hydrogen-bond acceptors (Lipinski definition) is 7. The average molecular weight is 501 g/mol. The standard InChI is InChI=1S/C29H40O7/c1-3-4-5-10-21-35-24-15-17-25(18-16-24)36-22-11-8-12-23-14-19-27(30)26(23)13-7-6-9-20-29(32,33)28(31)34-2/h7-9,12,15-18,23,26,32-33H,3-5,10-11,13-14,19-22H2,1-2H3/b12-8+/t6?,23-,26+/m0/s1. The van der Waals surface area contributed by atoms with Crippen LogP contribution in [0.2, 0.25) is 0 Å². The summed E-state index contributed by atoms with van der Waals surface area (Å²) in [6.45, 7) is 3.48. The first-order valence-corrected chi connectivity index (χ1v) is 12.8. The van der Waals surface area contributed by atoms with Gasteiger partial charge in [-0.1, -0.05) is 38.3 Å². The first kappa shape index (κ1) is 29.4. The zero-order chi connectivity index (χ0) is 26.2. The number of allylic oxidation sites excluding steroid dienone is 1. The summed E-state index contributed by atoms with van der Waals surface area (Å²) >= 11 is 0. The lowest BCUT2D eigenvalue weighted by Gasteiger charge is -2.15. The Morgan fingerprint density at radius 3 is 2.44 bits per heavy atom. The Morgan fingerprint density at radius 2 is 1.78 bits per heavy atom. The van der Waals surface area contributed by atoms with E-state index in [1.807, 2.05) is 24.3 Å². The maximum atomic E-state index is 12.3. The molecule has 1 aromatic carbocycles. The molecule has 2 N–H and O–H groups in total. The summed E-state index contributed by atoms with van der Waals surface area (Å²) < 4.78 is 15.9. The van der Waals surface area contributed by atoms with Gasteiger partial charge in [0.05, 0.1) is 20.3 Å². The number of carbonyl (C=O) groups excluding carboxylic acids is 2. The number of Topliss-reactive ketones (excluding diaryl/α,β-unsaturated/α-hetero) is 1. The molecule has 0 amide bonds. The van der Waals surface area contributed by atoms with Crippen molar-refractivity contribution >= 4 is 11.8 Å². The Labute approximate surface area is 214 Å². The van der Waals surface area contributed by atoms with Crippen molar-refractivity contribution in [2.45, 2.75) is 70.5 Å². The maximum Gasteiger partial charge on any atom is 0.366 e. The number of aliphatic hydroxyl groups is 2. The predicted octanol–water partition coefficient (Wildman–Crippen LogP) is 4.91. The molecule has 1 aliphatic carbocycles. The van der Waals surface area contributed by atoms with Gasteiger partial charge in [0.1, 0.15) is 17.3 Å². The summed E-state index contributed by atoms with van der Waals surface area (Å²) in [4.78, 5) is 23.5. The summed E-state index contributed by atoms with van der Waals surface area (Å²) in [6, 6.07) is 7.69. The average Bonchev–Trinajstić information content (AvgIpc) is 3.22. The lowest BCUT2D eigenvalue weighted by Crippen LogP contribution is -2.38. The van der Waals surface area contributed by atoms with Crippen molar-refractivity contribution in [2.24, 2.45) is 11.8 Å². The lowest BCUT2D eigenvalue weighted by molar-refractivity contribution is -0.205. The van der Waals surface area contributed by atoms with Gasteiger partial charge < -0.3 is 24.4 Å². The molecule has 1 fully saturated rings. The first-order valence-electron chi connectivity index (χ1n) is 12.8. The number of hydrogen-bond donors (Lipinski definition) is 2. The zero-order valence-corrected chi connectivity index (χ0v) is 21.5. The van der Waals surface area contributed by atoms with Gasteiger partial charge in [-0.2, -0.15) is 0 Å². The molecule has 7 nitrogen and oxygen atoms in total. The van der Waals surface area contributed by atoms with Gasteiger partial charge in [0.25, 0.3) is 5.79 Å². The second-order valence-corrected chi connectivity index (χ2v) is 9.04. The van der Waals surface area contributed by atoms with Gasteiger partial charge in [-0.05, 0) is 68.0 Å². The molecular formula is C29H40O7. The van der Waals surface area contributed by atoms with Crippen molar-refractivity contribution in [2.75, 3.05) is 20.3 Å². The Balaban J connectivity index is 1.71. The quantitative estimate of drug-likeness (QED) is 0.109. The SMILES string of the molecule is CCCCCCOc1ccc(OCC/C=C/[C@H]2CCC(=O)[C@@H]2CC=C=CCC(O)(O)C(=O)OC)cc1. The summed E-state index contributed by atoms with van der Waals surface area (Å²) in [5.74, 6) is -1.78. The number of ether oxygens (including phenoxy) is 3.